The van der Waals surface area contributed by atoms with Crippen LogP contribution in [0, 0.1) is 5.82 Å². The maximum Gasteiger partial charge on any atom is 0.239 e. The molecule has 1 amide bonds. The van der Waals surface area contributed by atoms with E-state index in [9.17, 15) is 9.18 Å². The lowest BCUT2D eigenvalue weighted by atomic mass is 10.1. The smallest absolute Gasteiger partial charge is 0.239 e. The minimum Gasteiger partial charge on any atom is -0.365 e. The molecule has 5 heteroatoms. The largest absolute Gasteiger partial charge is 0.365 e. The van der Waals surface area contributed by atoms with Gasteiger partial charge in [0.05, 0.1) is 6.54 Å². The fourth-order valence-corrected chi connectivity index (χ4v) is 1.73. The number of benzene rings is 1. The van der Waals surface area contributed by atoms with Gasteiger partial charge in [0, 0.05) is 31.4 Å². The molecule has 0 aromatic heterocycles. The Kier molecular flexibility index (Phi) is 5.58. The molecule has 3 N–H and O–H groups in total. The second kappa shape index (κ2) is 6.96. The number of nitrogens with two attached hydrogens (primary N) is 1. The number of hydrogen-bond donors (Lipinski definition) is 2. The Balaban J connectivity index is 2.75. The third-order valence-electron chi connectivity index (χ3n) is 2.66. The number of hydrogen-bond acceptors (Lipinski definition) is 3. The number of carbonyl (C=O) groups is 1. The van der Waals surface area contributed by atoms with Gasteiger partial charge in [-0.1, -0.05) is 13.0 Å². The van der Waals surface area contributed by atoms with E-state index in [0.29, 0.717) is 17.8 Å². The minimum absolute atomic E-state index is 0.0772. The van der Waals surface area contributed by atoms with Gasteiger partial charge in [0.25, 0.3) is 0 Å². The van der Waals surface area contributed by atoms with Gasteiger partial charge < -0.3 is 16.0 Å². The molecule has 0 saturated heterocycles. The lowest BCUT2D eigenvalue weighted by molar-refractivity contribution is -0.119. The molecule has 0 fully saturated rings. The number of anilines is 1. The predicted octanol–water partition coefficient (Wildman–Crippen LogP) is 1.25. The molecule has 0 spiro atoms. The fraction of sp³-hybridized carbons (Fsp3) is 0.462. The predicted molar refractivity (Wildman–Crippen MR) is 70.9 cm³/mol. The van der Waals surface area contributed by atoms with E-state index in [-0.39, 0.29) is 24.8 Å². The maximum absolute atomic E-state index is 13.5. The average Bonchev–Trinajstić information content (AvgIpc) is 2.35. The molecule has 4 nitrogen and oxygen atoms in total. The Morgan fingerprint density at radius 1 is 1.50 bits per heavy atom. The molecule has 1 aromatic carbocycles. The van der Waals surface area contributed by atoms with E-state index in [4.69, 9.17) is 5.73 Å². The number of nitrogens with one attached hydrogen (secondary N) is 1. The quantitative estimate of drug-likeness (QED) is 0.802. The third kappa shape index (κ3) is 3.70. The van der Waals surface area contributed by atoms with E-state index < -0.39 is 0 Å². The SMILES string of the molecule is CCCNC(=O)CN(C)c1cccc(F)c1CN. The first-order valence-electron chi connectivity index (χ1n) is 6.05. The highest BCUT2D eigenvalue weighted by Gasteiger charge is 2.12. The second-order valence-corrected chi connectivity index (χ2v) is 4.15. The zero-order chi connectivity index (χ0) is 13.5. The van der Waals surface area contributed by atoms with E-state index in [0.717, 1.165) is 6.42 Å². The standard InChI is InChI=1S/C13H20FN3O/c1-3-7-16-13(18)9-17(2)12-6-4-5-11(14)10(12)8-15/h4-6H,3,7-9,15H2,1-2H3,(H,16,18). The normalized spacial score (nSPS) is 10.2. The van der Waals surface area contributed by atoms with Gasteiger partial charge in [-0.3, -0.25) is 4.79 Å². The Hall–Kier alpha value is -1.62. The number of nitrogens with zero attached hydrogens (tertiary/aromatic N) is 1. The summed E-state index contributed by atoms with van der Waals surface area (Å²) in [6, 6.07) is 4.75. The van der Waals surface area contributed by atoms with Crippen molar-refractivity contribution < 1.29 is 9.18 Å². The maximum atomic E-state index is 13.5. The summed E-state index contributed by atoms with van der Waals surface area (Å²) < 4.78 is 13.5. The third-order valence-corrected chi connectivity index (χ3v) is 2.66. The molecule has 0 heterocycles. The Bertz CT molecular complexity index is 409. The van der Waals surface area contributed by atoms with Gasteiger partial charge in [0.1, 0.15) is 5.82 Å². The molecule has 0 bridgehead atoms. The van der Waals surface area contributed by atoms with Crippen molar-refractivity contribution in [3.63, 3.8) is 0 Å². The molecule has 0 atom stereocenters. The van der Waals surface area contributed by atoms with Gasteiger partial charge in [-0.25, -0.2) is 4.39 Å². The summed E-state index contributed by atoms with van der Waals surface area (Å²) in [5, 5.41) is 2.78. The zero-order valence-electron chi connectivity index (χ0n) is 10.9. The Labute approximate surface area is 107 Å². The topological polar surface area (TPSA) is 58.4 Å². The Morgan fingerprint density at radius 2 is 2.22 bits per heavy atom. The Morgan fingerprint density at radius 3 is 2.83 bits per heavy atom. The van der Waals surface area contributed by atoms with E-state index >= 15 is 0 Å². The second-order valence-electron chi connectivity index (χ2n) is 4.15. The molecule has 1 rings (SSSR count). The van der Waals surface area contributed by atoms with Crippen molar-refractivity contribution >= 4 is 11.6 Å². The summed E-state index contributed by atoms with van der Waals surface area (Å²) in [5.74, 6) is -0.414. The number of likely N-dealkylation sites (N-methyl/N-ethyl adjacent to an activating group) is 1. The van der Waals surface area contributed by atoms with Gasteiger partial charge in [-0.05, 0) is 18.6 Å². The van der Waals surface area contributed by atoms with Crippen LogP contribution in [0.1, 0.15) is 18.9 Å². The monoisotopic (exact) mass is 253 g/mol. The van der Waals surface area contributed by atoms with Crippen LogP contribution in [0.3, 0.4) is 0 Å². The molecule has 0 aliphatic carbocycles. The number of halogens is 1. The molecular weight excluding hydrogens is 233 g/mol. The lowest BCUT2D eigenvalue weighted by Crippen LogP contribution is -2.36. The zero-order valence-corrected chi connectivity index (χ0v) is 10.9. The van der Waals surface area contributed by atoms with Crippen LogP contribution in [0.15, 0.2) is 18.2 Å². The summed E-state index contributed by atoms with van der Waals surface area (Å²) in [5.41, 5.74) is 6.62. The highest BCUT2D eigenvalue weighted by molar-refractivity contribution is 5.81. The van der Waals surface area contributed by atoms with Crippen LogP contribution in [-0.2, 0) is 11.3 Å². The molecule has 1 aromatic rings. The van der Waals surface area contributed by atoms with E-state index in [1.165, 1.54) is 6.07 Å². The van der Waals surface area contributed by atoms with Crippen molar-refractivity contribution in [1.29, 1.82) is 0 Å². The van der Waals surface area contributed by atoms with E-state index in [2.05, 4.69) is 5.32 Å². The van der Waals surface area contributed by atoms with E-state index in [1.807, 2.05) is 6.92 Å². The number of carbonyl (C=O) groups excluding carboxylic acids is 1. The molecule has 0 aliphatic rings. The van der Waals surface area contributed by atoms with Crippen LogP contribution >= 0.6 is 0 Å². The van der Waals surface area contributed by atoms with Crippen LogP contribution in [0.4, 0.5) is 10.1 Å². The average molecular weight is 253 g/mol. The summed E-state index contributed by atoms with van der Waals surface area (Å²) in [4.78, 5) is 13.3. The van der Waals surface area contributed by atoms with Crippen molar-refractivity contribution in [1.82, 2.24) is 5.32 Å². The summed E-state index contributed by atoms with van der Waals surface area (Å²) >= 11 is 0. The van der Waals surface area contributed by atoms with Crippen molar-refractivity contribution in [3.05, 3.63) is 29.6 Å². The van der Waals surface area contributed by atoms with Gasteiger partial charge >= 0.3 is 0 Å². The van der Waals surface area contributed by atoms with Crippen molar-refractivity contribution in [2.45, 2.75) is 19.9 Å². The lowest BCUT2D eigenvalue weighted by Gasteiger charge is -2.21. The highest BCUT2D eigenvalue weighted by Crippen LogP contribution is 2.21. The van der Waals surface area contributed by atoms with Crippen LogP contribution in [0.2, 0.25) is 0 Å². The first-order valence-corrected chi connectivity index (χ1v) is 6.05. The minimum atomic E-state index is -0.337. The van der Waals surface area contributed by atoms with Crippen molar-refractivity contribution in [2.24, 2.45) is 5.73 Å². The molecule has 0 aliphatic heterocycles. The summed E-state index contributed by atoms with van der Waals surface area (Å²) in [6.07, 6.45) is 0.892. The van der Waals surface area contributed by atoms with Crippen LogP contribution in [0.5, 0.6) is 0 Å². The highest BCUT2D eigenvalue weighted by atomic mass is 19.1. The summed E-state index contributed by atoms with van der Waals surface area (Å²) in [7, 11) is 1.75. The molecule has 0 saturated carbocycles. The number of amides is 1. The first-order chi connectivity index (χ1) is 8.60. The summed E-state index contributed by atoms with van der Waals surface area (Å²) in [6.45, 7) is 2.95. The van der Waals surface area contributed by atoms with E-state index in [1.54, 1.807) is 24.1 Å². The molecule has 0 unspecified atom stereocenters. The fourth-order valence-electron chi connectivity index (χ4n) is 1.73. The van der Waals surface area contributed by atoms with Crippen LogP contribution in [0.25, 0.3) is 0 Å². The van der Waals surface area contributed by atoms with Crippen molar-refractivity contribution in [3.8, 4) is 0 Å². The van der Waals surface area contributed by atoms with Gasteiger partial charge in [0.2, 0.25) is 5.91 Å². The first kappa shape index (κ1) is 14.4. The van der Waals surface area contributed by atoms with Crippen molar-refractivity contribution in [2.75, 3.05) is 25.0 Å². The van der Waals surface area contributed by atoms with Gasteiger partial charge in [-0.2, -0.15) is 0 Å². The van der Waals surface area contributed by atoms with Gasteiger partial charge in [-0.15, -0.1) is 0 Å². The van der Waals surface area contributed by atoms with Crippen LogP contribution < -0.4 is 16.0 Å². The number of rotatable bonds is 6. The molecule has 100 valence electrons. The van der Waals surface area contributed by atoms with Crippen LogP contribution in [-0.4, -0.2) is 26.0 Å². The van der Waals surface area contributed by atoms with Gasteiger partial charge in [0.15, 0.2) is 0 Å². The molecule has 0 radical (unpaired) electrons. The molecule has 18 heavy (non-hydrogen) atoms. The molecular formula is C13H20FN3O.